The van der Waals surface area contributed by atoms with Crippen molar-refractivity contribution in [2.75, 3.05) is 20.3 Å². The van der Waals surface area contributed by atoms with E-state index in [9.17, 15) is 9.59 Å². The number of amides is 1. The fourth-order valence-corrected chi connectivity index (χ4v) is 1.75. The van der Waals surface area contributed by atoms with Crippen molar-refractivity contribution in [2.24, 2.45) is 5.92 Å². The predicted molar refractivity (Wildman–Crippen MR) is 64.1 cm³/mol. The zero-order valence-electron chi connectivity index (χ0n) is 11.3. The Hall–Kier alpha value is -1.30. The van der Waals surface area contributed by atoms with Crippen LogP contribution in [0.3, 0.4) is 0 Å². The highest BCUT2D eigenvalue weighted by Crippen LogP contribution is 2.17. The van der Waals surface area contributed by atoms with Gasteiger partial charge >= 0.3 is 12.1 Å². The Kier molecular flexibility index (Phi) is 4.95. The summed E-state index contributed by atoms with van der Waals surface area (Å²) in [5, 5.41) is 2.70. The highest BCUT2D eigenvalue weighted by Gasteiger charge is 2.34. The van der Waals surface area contributed by atoms with Gasteiger partial charge in [-0.3, -0.25) is 4.79 Å². The van der Waals surface area contributed by atoms with Crippen LogP contribution in [0.15, 0.2) is 0 Å². The number of ether oxygens (including phenoxy) is 3. The molecule has 0 radical (unpaired) electrons. The first-order chi connectivity index (χ1) is 8.33. The van der Waals surface area contributed by atoms with Crippen LogP contribution in [-0.4, -0.2) is 44.0 Å². The average molecular weight is 259 g/mol. The maximum absolute atomic E-state index is 11.7. The summed E-state index contributed by atoms with van der Waals surface area (Å²) in [5.74, 6) is -0.855. The van der Waals surface area contributed by atoms with Crippen molar-refractivity contribution in [3.05, 3.63) is 0 Å². The van der Waals surface area contributed by atoms with Crippen molar-refractivity contribution in [2.45, 2.75) is 38.8 Å². The van der Waals surface area contributed by atoms with E-state index in [2.05, 4.69) is 5.32 Å². The summed E-state index contributed by atoms with van der Waals surface area (Å²) in [6.07, 6.45) is 0.0437. The number of nitrogens with one attached hydrogen (secondary N) is 1. The van der Waals surface area contributed by atoms with Crippen molar-refractivity contribution < 1.29 is 23.8 Å². The minimum Gasteiger partial charge on any atom is -0.469 e. The van der Waals surface area contributed by atoms with Crippen LogP contribution in [0.1, 0.15) is 27.2 Å². The average Bonchev–Trinajstić information content (AvgIpc) is 2.26. The molecule has 1 saturated heterocycles. The first-order valence-corrected chi connectivity index (χ1v) is 5.98. The molecule has 1 aliphatic heterocycles. The maximum Gasteiger partial charge on any atom is 0.407 e. The molecule has 1 rings (SSSR count). The first kappa shape index (κ1) is 14.8. The zero-order valence-corrected chi connectivity index (χ0v) is 11.3. The second-order valence-corrected chi connectivity index (χ2v) is 5.25. The molecule has 6 heteroatoms. The predicted octanol–water partition coefficient (Wildman–Crippen LogP) is 1.09. The third-order valence-electron chi connectivity index (χ3n) is 2.56. The van der Waals surface area contributed by atoms with E-state index in [1.165, 1.54) is 7.11 Å². The van der Waals surface area contributed by atoms with Gasteiger partial charge in [0.1, 0.15) is 11.5 Å². The van der Waals surface area contributed by atoms with Gasteiger partial charge in [0.25, 0.3) is 0 Å². The fraction of sp³-hybridized carbons (Fsp3) is 0.833. The molecule has 104 valence electrons. The van der Waals surface area contributed by atoms with Crippen LogP contribution in [-0.2, 0) is 19.0 Å². The molecule has 0 aromatic heterocycles. The minimum absolute atomic E-state index is 0.257. The molecule has 1 heterocycles. The fourth-order valence-electron chi connectivity index (χ4n) is 1.75. The summed E-state index contributed by atoms with van der Waals surface area (Å²) in [6.45, 7) is 6.12. The lowest BCUT2D eigenvalue weighted by molar-refractivity contribution is -0.151. The van der Waals surface area contributed by atoms with Crippen LogP contribution >= 0.6 is 0 Å². The largest absolute Gasteiger partial charge is 0.469 e. The highest BCUT2D eigenvalue weighted by atomic mass is 16.6. The van der Waals surface area contributed by atoms with E-state index in [-0.39, 0.29) is 18.6 Å². The van der Waals surface area contributed by atoms with E-state index in [4.69, 9.17) is 14.2 Å². The molecule has 0 saturated carbocycles. The molecule has 1 fully saturated rings. The topological polar surface area (TPSA) is 73.9 Å². The molecular weight excluding hydrogens is 238 g/mol. The molecule has 0 aromatic carbocycles. The van der Waals surface area contributed by atoms with E-state index in [0.29, 0.717) is 13.0 Å². The van der Waals surface area contributed by atoms with Gasteiger partial charge in [0, 0.05) is 12.6 Å². The van der Waals surface area contributed by atoms with Crippen molar-refractivity contribution in [3.63, 3.8) is 0 Å². The van der Waals surface area contributed by atoms with Crippen LogP contribution in [0.25, 0.3) is 0 Å². The third-order valence-corrected chi connectivity index (χ3v) is 2.56. The second kappa shape index (κ2) is 6.04. The lowest BCUT2D eigenvalue weighted by Gasteiger charge is -2.31. The molecule has 0 unspecified atom stereocenters. The zero-order chi connectivity index (χ0) is 13.8. The Morgan fingerprint density at radius 2 is 2.00 bits per heavy atom. The molecule has 2 atom stereocenters. The van der Waals surface area contributed by atoms with Gasteiger partial charge < -0.3 is 19.5 Å². The van der Waals surface area contributed by atoms with Gasteiger partial charge in [-0.05, 0) is 27.2 Å². The molecule has 1 amide bonds. The normalized spacial score (nSPS) is 24.2. The maximum atomic E-state index is 11.7. The smallest absolute Gasteiger partial charge is 0.407 e. The van der Waals surface area contributed by atoms with Crippen LogP contribution in [0.2, 0.25) is 0 Å². The van der Waals surface area contributed by atoms with Crippen molar-refractivity contribution in [3.8, 4) is 0 Å². The first-order valence-electron chi connectivity index (χ1n) is 5.98. The molecule has 6 nitrogen and oxygen atoms in total. The summed E-state index contributed by atoms with van der Waals surface area (Å²) in [7, 11) is 1.32. The Morgan fingerprint density at radius 1 is 1.33 bits per heavy atom. The SMILES string of the molecule is COC(=O)[C@@H]1COCC[C@H]1NC(=O)OC(C)(C)C. The Labute approximate surface area is 107 Å². The third kappa shape index (κ3) is 4.52. The Morgan fingerprint density at radius 3 is 2.56 bits per heavy atom. The lowest BCUT2D eigenvalue weighted by Crippen LogP contribution is -2.50. The molecule has 1 aliphatic rings. The Bertz CT molecular complexity index is 310. The van der Waals surface area contributed by atoms with Crippen molar-refractivity contribution in [1.82, 2.24) is 5.32 Å². The van der Waals surface area contributed by atoms with Crippen LogP contribution in [0.5, 0.6) is 0 Å². The highest BCUT2D eigenvalue weighted by molar-refractivity contribution is 5.75. The number of rotatable bonds is 2. The number of esters is 1. The molecule has 0 spiro atoms. The summed E-state index contributed by atoms with van der Waals surface area (Å²) in [4.78, 5) is 23.2. The van der Waals surface area contributed by atoms with Crippen LogP contribution in [0, 0.1) is 5.92 Å². The van der Waals surface area contributed by atoms with E-state index in [1.54, 1.807) is 20.8 Å². The van der Waals surface area contributed by atoms with Crippen molar-refractivity contribution in [1.29, 1.82) is 0 Å². The lowest BCUT2D eigenvalue weighted by atomic mass is 9.96. The Balaban J connectivity index is 2.57. The summed E-state index contributed by atoms with van der Waals surface area (Å²) in [6, 6.07) is -0.305. The number of carbonyl (C=O) groups is 2. The van der Waals surface area contributed by atoms with E-state index < -0.39 is 17.6 Å². The molecule has 0 aliphatic carbocycles. The molecular formula is C12H21NO5. The summed E-state index contributed by atoms with van der Waals surface area (Å²) >= 11 is 0. The van der Waals surface area contributed by atoms with Crippen LogP contribution < -0.4 is 5.32 Å². The standard InChI is InChI=1S/C12H21NO5/c1-12(2,3)18-11(15)13-9-5-6-17-7-8(9)10(14)16-4/h8-9H,5-7H2,1-4H3,(H,13,15)/t8-,9-/m1/s1. The molecule has 0 bridgehead atoms. The second-order valence-electron chi connectivity index (χ2n) is 5.25. The quantitative estimate of drug-likeness (QED) is 0.751. The molecule has 1 N–H and O–H groups in total. The molecule has 18 heavy (non-hydrogen) atoms. The van der Waals surface area contributed by atoms with E-state index >= 15 is 0 Å². The van der Waals surface area contributed by atoms with Gasteiger partial charge in [0.05, 0.1) is 13.7 Å². The number of hydrogen-bond acceptors (Lipinski definition) is 5. The summed E-state index contributed by atoms with van der Waals surface area (Å²) in [5.41, 5.74) is -0.560. The minimum atomic E-state index is -0.560. The molecule has 0 aromatic rings. The van der Waals surface area contributed by atoms with E-state index in [1.807, 2.05) is 0 Å². The number of hydrogen-bond donors (Lipinski definition) is 1. The number of alkyl carbamates (subject to hydrolysis) is 1. The van der Waals surface area contributed by atoms with Gasteiger partial charge in [-0.1, -0.05) is 0 Å². The number of carbonyl (C=O) groups excluding carboxylic acids is 2. The van der Waals surface area contributed by atoms with Crippen LogP contribution in [0.4, 0.5) is 4.79 Å². The van der Waals surface area contributed by atoms with Gasteiger partial charge in [-0.15, -0.1) is 0 Å². The van der Waals surface area contributed by atoms with Crippen molar-refractivity contribution >= 4 is 12.1 Å². The van der Waals surface area contributed by atoms with E-state index in [0.717, 1.165) is 0 Å². The van der Waals surface area contributed by atoms with Gasteiger partial charge in [-0.2, -0.15) is 0 Å². The monoisotopic (exact) mass is 259 g/mol. The van der Waals surface area contributed by atoms with Gasteiger partial charge in [0.15, 0.2) is 0 Å². The van der Waals surface area contributed by atoms with Gasteiger partial charge in [0.2, 0.25) is 0 Å². The number of methoxy groups -OCH3 is 1. The van der Waals surface area contributed by atoms with Gasteiger partial charge in [-0.25, -0.2) is 4.79 Å². The summed E-state index contributed by atoms with van der Waals surface area (Å²) < 4.78 is 15.1.